The normalized spacial score (nSPS) is 21.2. The minimum absolute atomic E-state index is 0.225. The molecule has 2 aliphatic heterocycles. The van der Waals surface area contributed by atoms with Gasteiger partial charge in [0.2, 0.25) is 0 Å². The fraction of sp³-hybridized carbons (Fsp3) is 0.773. The van der Waals surface area contributed by atoms with Gasteiger partial charge in [0.15, 0.2) is 5.96 Å². The predicted octanol–water partition coefficient (Wildman–Crippen LogP) is 2.00. The van der Waals surface area contributed by atoms with Crippen LogP contribution in [0, 0.1) is 0 Å². The summed E-state index contributed by atoms with van der Waals surface area (Å²) in [6.45, 7) is 16.1. The van der Waals surface area contributed by atoms with Crippen molar-refractivity contribution in [3.63, 3.8) is 0 Å². The predicted molar refractivity (Wildman–Crippen MR) is 119 cm³/mol. The lowest BCUT2D eigenvalue weighted by Crippen LogP contribution is -2.49. The van der Waals surface area contributed by atoms with E-state index in [1.165, 1.54) is 45.4 Å². The van der Waals surface area contributed by atoms with Crippen LogP contribution >= 0.6 is 0 Å². The van der Waals surface area contributed by atoms with Crippen LogP contribution in [-0.2, 0) is 0 Å². The van der Waals surface area contributed by atoms with Crippen molar-refractivity contribution in [2.45, 2.75) is 39.2 Å². The first-order valence-corrected chi connectivity index (χ1v) is 11.5. The minimum atomic E-state index is 0.225. The molecular formula is C22H40N6O. The third-order valence-electron chi connectivity index (χ3n) is 6.10. The van der Waals surface area contributed by atoms with Gasteiger partial charge in [-0.25, -0.2) is 0 Å². The topological polar surface area (TPSA) is 59.3 Å². The molecule has 0 saturated carbocycles. The highest BCUT2D eigenvalue weighted by molar-refractivity contribution is 5.79. The zero-order valence-corrected chi connectivity index (χ0v) is 18.4. The summed E-state index contributed by atoms with van der Waals surface area (Å²) in [6, 6.07) is 4.30. The highest BCUT2D eigenvalue weighted by Gasteiger charge is 2.24. The Morgan fingerprint density at radius 3 is 2.45 bits per heavy atom. The van der Waals surface area contributed by atoms with Crippen LogP contribution in [0.1, 0.15) is 44.9 Å². The van der Waals surface area contributed by atoms with Crippen LogP contribution in [0.3, 0.4) is 0 Å². The molecule has 2 N–H and O–H groups in total. The van der Waals surface area contributed by atoms with Gasteiger partial charge in [-0.1, -0.05) is 13.3 Å². The molecular weight excluding hydrogens is 364 g/mol. The number of likely N-dealkylation sites (N-methyl/N-ethyl adjacent to an activating group) is 1. The molecule has 0 radical (unpaired) electrons. The number of rotatable bonds is 9. The van der Waals surface area contributed by atoms with Crippen molar-refractivity contribution >= 4 is 5.96 Å². The quantitative estimate of drug-likeness (QED) is 0.485. The fourth-order valence-corrected chi connectivity index (χ4v) is 4.28. The molecule has 3 heterocycles. The highest BCUT2D eigenvalue weighted by Crippen LogP contribution is 2.25. The zero-order chi connectivity index (χ0) is 20.3. The van der Waals surface area contributed by atoms with Gasteiger partial charge in [0.25, 0.3) is 0 Å². The Hall–Kier alpha value is -1.57. The van der Waals surface area contributed by atoms with Gasteiger partial charge in [0.1, 0.15) is 5.76 Å². The number of piperidine rings is 1. The van der Waals surface area contributed by atoms with Crippen LogP contribution < -0.4 is 10.6 Å². The van der Waals surface area contributed by atoms with E-state index in [0.717, 1.165) is 57.5 Å². The van der Waals surface area contributed by atoms with Crippen molar-refractivity contribution in [1.29, 1.82) is 0 Å². The van der Waals surface area contributed by atoms with Crippen LogP contribution in [0.4, 0.5) is 0 Å². The molecule has 1 unspecified atom stereocenters. The number of furan rings is 1. The van der Waals surface area contributed by atoms with Crippen molar-refractivity contribution in [2.75, 3.05) is 72.0 Å². The maximum atomic E-state index is 5.76. The highest BCUT2D eigenvalue weighted by atomic mass is 16.3. The molecule has 29 heavy (non-hydrogen) atoms. The Kier molecular flexibility index (Phi) is 9.31. The molecule has 0 amide bonds. The molecule has 1 aromatic heterocycles. The van der Waals surface area contributed by atoms with Crippen molar-refractivity contribution in [3.8, 4) is 0 Å². The molecule has 0 aromatic carbocycles. The van der Waals surface area contributed by atoms with Gasteiger partial charge in [0.05, 0.1) is 18.8 Å². The van der Waals surface area contributed by atoms with Crippen LogP contribution in [0.5, 0.6) is 0 Å². The van der Waals surface area contributed by atoms with Crippen molar-refractivity contribution in [2.24, 2.45) is 4.99 Å². The number of guanidine groups is 1. The molecule has 1 atom stereocenters. The molecule has 0 aliphatic carbocycles. The third kappa shape index (κ3) is 7.01. The summed E-state index contributed by atoms with van der Waals surface area (Å²) in [5.41, 5.74) is 0. The summed E-state index contributed by atoms with van der Waals surface area (Å²) >= 11 is 0. The largest absolute Gasteiger partial charge is 0.468 e. The average molecular weight is 405 g/mol. The average Bonchev–Trinajstić information content (AvgIpc) is 3.30. The van der Waals surface area contributed by atoms with Gasteiger partial charge in [-0.3, -0.25) is 14.8 Å². The summed E-state index contributed by atoms with van der Waals surface area (Å²) in [5, 5.41) is 6.93. The maximum Gasteiger partial charge on any atom is 0.191 e. The number of hydrogen-bond donors (Lipinski definition) is 2. The fourth-order valence-electron chi connectivity index (χ4n) is 4.28. The Morgan fingerprint density at radius 2 is 1.79 bits per heavy atom. The van der Waals surface area contributed by atoms with E-state index in [0.29, 0.717) is 0 Å². The summed E-state index contributed by atoms with van der Waals surface area (Å²) in [7, 11) is 0. The molecule has 2 fully saturated rings. The second kappa shape index (κ2) is 12.2. The number of likely N-dealkylation sites (tertiary alicyclic amines) is 1. The molecule has 0 bridgehead atoms. The lowest BCUT2D eigenvalue weighted by atomic mass is 10.1. The summed E-state index contributed by atoms with van der Waals surface area (Å²) in [6.07, 6.45) is 5.65. The standard InChI is InChI=1S/C22H40N6O/c1-3-23-22(24-10-13-27-16-14-26(4-2)15-17-27)25-19-20(21-9-8-18-29-21)28-11-6-5-7-12-28/h8-9,18,20H,3-7,10-17,19H2,1-2H3,(H2,23,24,25). The Bertz CT molecular complexity index is 576. The van der Waals surface area contributed by atoms with Gasteiger partial charge in [-0.15, -0.1) is 0 Å². The van der Waals surface area contributed by atoms with E-state index in [1.54, 1.807) is 6.26 Å². The van der Waals surface area contributed by atoms with E-state index >= 15 is 0 Å². The molecule has 1 aromatic rings. The smallest absolute Gasteiger partial charge is 0.191 e. The number of piperazine rings is 1. The molecule has 7 nitrogen and oxygen atoms in total. The first-order chi connectivity index (χ1) is 14.3. The molecule has 0 spiro atoms. The van der Waals surface area contributed by atoms with E-state index in [9.17, 15) is 0 Å². The lowest BCUT2D eigenvalue weighted by molar-refractivity contribution is 0.139. The zero-order valence-electron chi connectivity index (χ0n) is 18.4. The first kappa shape index (κ1) is 22.1. The van der Waals surface area contributed by atoms with Gasteiger partial charge in [-0.2, -0.15) is 0 Å². The maximum absolute atomic E-state index is 5.76. The van der Waals surface area contributed by atoms with Crippen LogP contribution in [-0.4, -0.2) is 92.7 Å². The van der Waals surface area contributed by atoms with Gasteiger partial charge in [-0.05, 0) is 51.5 Å². The molecule has 3 rings (SSSR count). The van der Waals surface area contributed by atoms with Gasteiger partial charge in [0, 0.05) is 45.8 Å². The Balaban J connectivity index is 1.51. The minimum Gasteiger partial charge on any atom is -0.468 e. The molecule has 7 heteroatoms. The Labute approximate surface area is 176 Å². The number of aliphatic imine (C=N–C) groups is 1. The van der Waals surface area contributed by atoms with E-state index in [1.807, 2.05) is 6.07 Å². The third-order valence-corrected chi connectivity index (χ3v) is 6.10. The summed E-state index contributed by atoms with van der Waals surface area (Å²) in [5.74, 6) is 1.94. The molecule has 164 valence electrons. The number of nitrogens with zero attached hydrogens (tertiary/aromatic N) is 4. The lowest BCUT2D eigenvalue weighted by Gasteiger charge is -2.34. The molecule has 2 saturated heterocycles. The number of hydrogen-bond acceptors (Lipinski definition) is 5. The second-order valence-corrected chi connectivity index (χ2v) is 8.05. The number of nitrogens with one attached hydrogen (secondary N) is 2. The second-order valence-electron chi connectivity index (χ2n) is 8.05. The van der Waals surface area contributed by atoms with Gasteiger partial charge < -0.3 is 20.0 Å². The Morgan fingerprint density at radius 1 is 1.03 bits per heavy atom. The molecule has 2 aliphatic rings. The van der Waals surface area contributed by atoms with Crippen LogP contribution in [0.15, 0.2) is 27.8 Å². The van der Waals surface area contributed by atoms with E-state index < -0.39 is 0 Å². The van der Waals surface area contributed by atoms with E-state index in [4.69, 9.17) is 9.41 Å². The van der Waals surface area contributed by atoms with E-state index in [2.05, 4.69) is 45.2 Å². The van der Waals surface area contributed by atoms with E-state index in [-0.39, 0.29) is 6.04 Å². The monoisotopic (exact) mass is 404 g/mol. The van der Waals surface area contributed by atoms with Crippen LogP contribution in [0.25, 0.3) is 0 Å². The SMILES string of the molecule is CCNC(=NCC(c1ccco1)N1CCCCC1)NCCN1CCN(CC)CC1. The van der Waals surface area contributed by atoms with Crippen molar-refractivity contribution in [3.05, 3.63) is 24.2 Å². The van der Waals surface area contributed by atoms with Crippen LogP contribution in [0.2, 0.25) is 0 Å². The first-order valence-electron chi connectivity index (χ1n) is 11.5. The van der Waals surface area contributed by atoms with Gasteiger partial charge >= 0.3 is 0 Å². The summed E-state index contributed by atoms with van der Waals surface area (Å²) < 4.78 is 5.76. The van der Waals surface area contributed by atoms with Crippen molar-refractivity contribution < 1.29 is 4.42 Å². The summed E-state index contributed by atoms with van der Waals surface area (Å²) in [4.78, 5) is 12.5. The van der Waals surface area contributed by atoms with Crippen molar-refractivity contribution in [1.82, 2.24) is 25.3 Å².